The highest BCUT2D eigenvalue weighted by Crippen LogP contribution is 2.39. The van der Waals surface area contributed by atoms with Gasteiger partial charge in [-0.25, -0.2) is 9.59 Å². The number of hydrogen-bond acceptors (Lipinski definition) is 6. The number of benzene rings is 2. The molecule has 0 bridgehead atoms. The molecule has 10 heteroatoms. The van der Waals surface area contributed by atoms with Crippen molar-refractivity contribution in [2.75, 3.05) is 19.7 Å². The molecular weight excluding hydrogens is 516 g/mol. The SMILES string of the molecule is C[C@H]1C[C@H](c2cc3ccc(Cl)cc3s2)CCN1C[C@H](O)COc1cccc2[nH]ccc12.O=C(O)C(=O)O. The Bertz CT molecular complexity index is 1370. The molecule has 0 amide bonds. The number of rotatable bonds is 6. The molecule has 4 aromatic rings. The Morgan fingerprint density at radius 2 is 1.97 bits per heavy atom. The zero-order valence-electron chi connectivity index (χ0n) is 20.3. The fraction of sp³-hybridized carbons (Fsp3) is 0.333. The normalized spacial score (nSPS) is 18.8. The van der Waals surface area contributed by atoms with Crippen LogP contribution in [0.4, 0.5) is 0 Å². The van der Waals surface area contributed by atoms with Crippen molar-refractivity contribution < 1.29 is 29.6 Å². The molecule has 2 aromatic heterocycles. The number of β-amino-alcohol motifs (C(OH)–C–C–N with tert-alkyl or cyclic N) is 1. The van der Waals surface area contributed by atoms with Crippen LogP contribution in [-0.2, 0) is 9.59 Å². The predicted octanol–water partition coefficient (Wildman–Crippen LogP) is 5.20. The van der Waals surface area contributed by atoms with Crippen molar-refractivity contribution >= 4 is 55.9 Å². The molecule has 2 aromatic carbocycles. The number of H-pyrrole nitrogens is 1. The van der Waals surface area contributed by atoms with Gasteiger partial charge in [0.2, 0.25) is 0 Å². The second-order valence-electron chi connectivity index (χ2n) is 9.17. The highest BCUT2D eigenvalue weighted by atomic mass is 35.5. The molecule has 4 N–H and O–H groups in total. The smallest absolute Gasteiger partial charge is 0.414 e. The number of nitrogens with zero attached hydrogens (tertiary/aromatic N) is 1. The molecule has 37 heavy (non-hydrogen) atoms. The molecule has 196 valence electrons. The van der Waals surface area contributed by atoms with Gasteiger partial charge in [-0.05, 0) is 74.0 Å². The zero-order valence-corrected chi connectivity index (χ0v) is 21.8. The third-order valence-corrected chi connectivity index (χ3v) is 8.03. The fourth-order valence-electron chi connectivity index (χ4n) is 4.67. The number of aromatic amines is 1. The van der Waals surface area contributed by atoms with Crippen molar-refractivity contribution in [1.29, 1.82) is 0 Å². The maximum Gasteiger partial charge on any atom is 0.414 e. The minimum atomic E-state index is -1.82. The summed E-state index contributed by atoms with van der Waals surface area (Å²) in [5.74, 6) is -2.26. The van der Waals surface area contributed by atoms with E-state index in [1.165, 1.54) is 15.0 Å². The van der Waals surface area contributed by atoms with Crippen molar-refractivity contribution in [3.63, 3.8) is 0 Å². The number of aliphatic carboxylic acids is 2. The van der Waals surface area contributed by atoms with E-state index in [9.17, 15) is 5.11 Å². The molecule has 0 radical (unpaired) electrons. The number of fused-ring (bicyclic) bond motifs is 2. The summed E-state index contributed by atoms with van der Waals surface area (Å²) < 4.78 is 7.21. The van der Waals surface area contributed by atoms with Crippen molar-refractivity contribution in [2.24, 2.45) is 0 Å². The van der Waals surface area contributed by atoms with E-state index in [4.69, 9.17) is 36.1 Å². The van der Waals surface area contributed by atoms with E-state index in [2.05, 4.69) is 35.0 Å². The monoisotopic (exact) mass is 544 g/mol. The van der Waals surface area contributed by atoms with Gasteiger partial charge in [0.1, 0.15) is 18.5 Å². The van der Waals surface area contributed by atoms with Crippen LogP contribution in [0.2, 0.25) is 5.02 Å². The van der Waals surface area contributed by atoms with Crippen LogP contribution < -0.4 is 4.74 Å². The molecule has 0 spiro atoms. The quantitative estimate of drug-likeness (QED) is 0.246. The van der Waals surface area contributed by atoms with Gasteiger partial charge in [0.25, 0.3) is 0 Å². The lowest BCUT2D eigenvalue weighted by Gasteiger charge is -2.38. The van der Waals surface area contributed by atoms with Gasteiger partial charge in [0, 0.05) is 44.3 Å². The van der Waals surface area contributed by atoms with Crippen LogP contribution in [-0.4, -0.2) is 69.0 Å². The highest BCUT2D eigenvalue weighted by Gasteiger charge is 2.28. The third kappa shape index (κ3) is 6.81. The topological polar surface area (TPSA) is 123 Å². The summed E-state index contributed by atoms with van der Waals surface area (Å²) in [6.07, 6.45) is 3.61. The van der Waals surface area contributed by atoms with E-state index in [1.807, 2.05) is 47.9 Å². The van der Waals surface area contributed by atoms with Crippen LogP contribution in [0, 0.1) is 0 Å². The molecule has 1 aliphatic heterocycles. The first-order valence-corrected chi connectivity index (χ1v) is 13.2. The van der Waals surface area contributed by atoms with E-state index >= 15 is 0 Å². The van der Waals surface area contributed by atoms with E-state index in [0.717, 1.165) is 41.1 Å². The standard InChI is InChI=1S/C25H27ClN2O2S.C2H2O4/c1-16-11-18(24-12-17-5-6-19(26)13-25(17)31-24)8-10-28(16)14-20(29)15-30-23-4-2-3-22-21(23)7-9-27-22;3-1(4)2(5)6/h2-7,9,12-13,16,18,20,27,29H,8,10-11,14-15H2,1H3;(H,3,4)(H,5,6)/t16-,18+,20-;/m0./s1. The Balaban J connectivity index is 0.000000480. The maximum atomic E-state index is 10.6. The summed E-state index contributed by atoms with van der Waals surface area (Å²) in [5, 5.41) is 28.5. The molecule has 3 atom stereocenters. The molecule has 8 nitrogen and oxygen atoms in total. The van der Waals surface area contributed by atoms with Gasteiger partial charge >= 0.3 is 11.9 Å². The van der Waals surface area contributed by atoms with Crippen molar-refractivity contribution in [3.8, 4) is 5.75 Å². The fourth-order valence-corrected chi connectivity index (χ4v) is 6.16. The van der Waals surface area contributed by atoms with Crippen LogP contribution in [0.1, 0.15) is 30.6 Å². The summed E-state index contributed by atoms with van der Waals surface area (Å²) in [6.45, 7) is 4.20. The zero-order chi connectivity index (χ0) is 26.5. The Kier molecular flexibility index (Phi) is 8.71. The van der Waals surface area contributed by atoms with Gasteiger partial charge in [0.05, 0.1) is 0 Å². The van der Waals surface area contributed by atoms with Crippen molar-refractivity contribution in [1.82, 2.24) is 9.88 Å². The van der Waals surface area contributed by atoms with Gasteiger partial charge in [-0.15, -0.1) is 11.3 Å². The number of hydrogen-bond donors (Lipinski definition) is 4. The van der Waals surface area contributed by atoms with E-state index < -0.39 is 18.0 Å². The van der Waals surface area contributed by atoms with E-state index in [0.29, 0.717) is 25.1 Å². The van der Waals surface area contributed by atoms with Crippen LogP contribution in [0.3, 0.4) is 0 Å². The first-order chi connectivity index (χ1) is 17.7. The van der Waals surface area contributed by atoms with Gasteiger partial charge < -0.3 is 25.0 Å². The number of carboxylic acids is 2. The van der Waals surface area contributed by atoms with Crippen molar-refractivity contribution in [3.05, 3.63) is 64.6 Å². The Morgan fingerprint density at radius 1 is 1.19 bits per heavy atom. The van der Waals surface area contributed by atoms with Crippen LogP contribution in [0.25, 0.3) is 21.0 Å². The second-order valence-corrected chi connectivity index (χ2v) is 10.7. The van der Waals surface area contributed by atoms with Crippen LogP contribution in [0.5, 0.6) is 5.75 Å². The van der Waals surface area contributed by atoms with Gasteiger partial charge in [-0.1, -0.05) is 23.7 Å². The molecule has 5 rings (SSSR count). The highest BCUT2D eigenvalue weighted by molar-refractivity contribution is 7.19. The lowest BCUT2D eigenvalue weighted by Crippen LogP contribution is -2.45. The Morgan fingerprint density at radius 3 is 2.70 bits per heavy atom. The molecule has 1 fully saturated rings. The Labute approximate surface area is 223 Å². The molecular formula is C27H29ClN2O6S. The number of piperidine rings is 1. The number of nitrogens with one attached hydrogen (secondary N) is 1. The minimum Gasteiger partial charge on any atom is -0.490 e. The van der Waals surface area contributed by atoms with Gasteiger partial charge in [-0.2, -0.15) is 0 Å². The van der Waals surface area contributed by atoms with Crippen LogP contribution in [0.15, 0.2) is 54.7 Å². The number of carboxylic acid groups (broad SMARTS) is 2. The molecule has 1 saturated heterocycles. The molecule has 3 heterocycles. The van der Waals surface area contributed by atoms with E-state index in [-0.39, 0.29) is 0 Å². The number of aliphatic hydroxyl groups excluding tert-OH is 1. The third-order valence-electron chi connectivity index (χ3n) is 6.53. The molecule has 0 saturated carbocycles. The first-order valence-electron chi connectivity index (χ1n) is 12.0. The van der Waals surface area contributed by atoms with Crippen molar-refractivity contribution in [2.45, 2.75) is 37.8 Å². The summed E-state index contributed by atoms with van der Waals surface area (Å²) >= 11 is 8.02. The number of aromatic nitrogens is 1. The van der Waals surface area contributed by atoms with Gasteiger partial charge in [-0.3, -0.25) is 4.90 Å². The largest absolute Gasteiger partial charge is 0.490 e. The summed E-state index contributed by atoms with van der Waals surface area (Å²) in [6, 6.07) is 16.8. The summed E-state index contributed by atoms with van der Waals surface area (Å²) in [4.78, 5) is 25.2. The molecule has 0 unspecified atom stereocenters. The number of aliphatic hydroxyl groups is 1. The average Bonchev–Trinajstić information content (AvgIpc) is 3.51. The maximum absolute atomic E-state index is 10.6. The summed E-state index contributed by atoms with van der Waals surface area (Å²) in [7, 11) is 0. The first kappa shape index (κ1) is 26.9. The summed E-state index contributed by atoms with van der Waals surface area (Å²) in [5.41, 5.74) is 1.05. The number of carbonyl (C=O) groups is 2. The lowest BCUT2D eigenvalue weighted by molar-refractivity contribution is -0.159. The number of likely N-dealkylation sites (tertiary alicyclic amines) is 1. The minimum absolute atomic E-state index is 0.300. The van der Waals surface area contributed by atoms with Crippen LogP contribution >= 0.6 is 22.9 Å². The number of halogens is 1. The van der Waals surface area contributed by atoms with E-state index in [1.54, 1.807) is 0 Å². The number of ether oxygens (including phenoxy) is 1. The molecule has 1 aliphatic rings. The van der Waals surface area contributed by atoms with Gasteiger partial charge in [0.15, 0.2) is 0 Å². The lowest BCUT2D eigenvalue weighted by atomic mass is 9.90. The predicted molar refractivity (Wildman–Crippen MR) is 145 cm³/mol. The number of thiophene rings is 1. The molecule has 0 aliphatic carbocycles. The average molecular weight is 545 g/mol. The Hall–Kier alpha value is -3.11. The second kappa shape index (κ2) is 12.0.